The summed E-state index contributed by atoms with van der Waals surface area (Å²) in [6.07, 6.45) is 0. The Morgan fingerprint density at radius 3 is 1.40 bits per heavy atom. The van der Waals surface area contributed by atoms with Crippen molar-refractivity contribution in [3.05, 3.63) is 284 Å². The van der Waals surface area contributed by atoms with Crippen molar-refractivity contribution in [1.29, 1.82) is 0 Å². The van der Waals surface area contributed by atoms with E-state index in [-0.39, 0.29) is 17.5 Å². The van der Waals surface area contributed by atoms with Crippen molar-refractivity contribution >= 4 is 157 Å². The van der Waals surface area contributed by atoms with Crippen molar-refractivity contribution < 1.29 is 8.83 Å². The maximum atomic E-state index is 6.90. The number of anilines is 12. The van der Waals surface area contributed by atoms with E-state index in [4.69, 9.17) is 8.83 Å². The van der Waals surface area contributed by atoms with Gasteiger partial charge in [0.05, 0.1) is 16.8 Å². The highest BCUT2D eigenvalue weighted by atomic mass is 16.3. The maximum absolute atomic E-state index is 6.90. The number of rotatable bonds is 8. The molecule has 0 aliphatic carbocycles. The van der Waals surface area contributed by atoms with Crippen molar-refractivity contribution in [1.82, 2.24) is 0 Å². The van der Waals surface area contributed by atoms with Gasteiger partial charge in [0.2, 0.25) is 0 Å². The normalized spacial score (nSPS) is 13.0. The highest BCUT2D eigenvalue weighted by molar-refractivity contribution is 7.00. The molecule has 0 spiro atoms. The molecule has 0 unspecified atom stereocenters. The van der Waals surface area contributed by atoms with Gasteiger partial charge < -0.3 is 28.4 Å². The number of benzene rings is 13. The fourth-order valence-corrected chi connectivity index (χ4v) is 14.3. The zero-order valence-corrected chi connectivity index (χ0v) is 50.7. The summed E-state index contributed by atoms with van der Waals surface area (Å²) in [4.78, 5) is 10.0. The lowest BCUT2D eigenvalue weighted by molar-refractivity contribution is 0.590. The summed E-state index contributed by atoms with van der Waals surface area (Å²) >= 11 is 0. The molecule has 4 heterocycles. The van der Waals surface area contributed by atoms with Crippen LogP contribution in [0.4, 0.5) is 68.2 Å². The molecule has 2 aliphatic rings. The van der Waals surface area contributed by atoms with E-state index in [2.05, 4.69) is 328 Å². The van der Waals surface area contributed by atoms with Gasteiger partial charge >= 0.3 is 0 Å². The quantitative estimate of drug-likeness (QED) is 0.141. The lowest BCUT2D eigenvalue weighted by atomic mass is 9.33. The molecular weight excluding hydrogens is 1080 g/mol. The molecule has 0 N–H and O–H groups in total. The predicted octanol–water partition coefficient (Wildman–Crippen LogP) is 21.4. The number of furan rings is 2. The molecule has 17 rings (SSSR count). The van der Waals surface area contributed by atoms with Crippen molar-refractivity contribution in [3.63, 3.8) is 0 Å². The zero-order chi connectivity index (χ0) is 59.9. The van der Waals surface area contributed by atoms with Crippen LogP contribution in [0.5, 0.6) is 0 Å². The minimum absolute atomic E-state index is 0.0531. The zero-order valence-electron chi connectivity index (χ0n) is 50.7. The Hall–Kier alpha value is -10.8. The highest BCUT2D eigenvalue weighted by Gasteiger charge is 2.45. The van der Waals surface area contributed by atoms with Gasteiger partial charge in [-0.15, -0.1) is 0 Å². The minimum Gasteiger partial charge on any atom is -0.456 e. The Kier molecular flexibility index (Phi) is 11.7. The van der Waals surface area contributed by atoms with Crippen LogP contribution in [-0.2, 0) is 10.8 Å². The molecule has 0 atom stereocenters. The van der Waals surface area contributed by atoms with Gasteiger partial charge in [-0.25, -0.2) is 0 Å². The van der Waals surface area contributed by atoms with Gasteiger partial charge in [-0.05, 0) is 181 Å². The van der Waals surface area contributed by atoms with Crippen LogP contribution < -0.4 is 36.0 Å². The maximum Gasteiger partial charge on any atom is 0.252 e. The largest absolute Gasteiger partial charge is 0.456 e. The van der Waals surface area contributed by atoms with Gasteiger partial charge in [0.15, 0.2) is 0 Å². The van der Waals surface area contributed by atoms with Gasteiger partial charge in [-0.3, -0.25) is 0 Å². The second-order valence-electron chi connectivity index (χ2n) is 26.2. The molecule has 0 bridgehead atoms. The summed E-state index contributed by atoms with van der Waals surface area (Å²) in [6, 6.07) is 101. The van der Waals surface area contributed by atoms with Crippen LogP contribution in [0, 0.1) is 0 Å². The number of hydrogen-bond donors (Lipinski definition) is 0. The van der Waals surface area contributed by atoms with E-state index < -0.39 is 0 Å². The Balaban J connectivity index is 0.994. The standard InChI is InChI=1S/C82H63BN4O2/c1-81(2,3)56-30-36-59(37-31-56)86-71-49-64(85(62-35-29-53-19-11-13-21-55(53)47-62)63-41-44-76-68(48-63)66-24-14-16-26-74(66)88-76)40-42-69(71)83-70-43-45-77-78(67-25-15-17-27-75(67)89-77)80(70)87(60-38-32-57(33-39-60)82(4,5)6)73-51-65(50-72(86)79(73)83)84(58-22-8-7-9-23-58)61-34-28-52-18-10-12-20-54(52)46-61/h7-51H,1-6H3. The van der Waals surface area contributed by atoms with E-state index in [9.17, 15) is 0 Å². The van der Waals surface area contributed by atoms with Gasteiger partial charge in [-0.2, -0.15) is 0 Å². The summed E-state index contributed by atoms with van der Waals surface area (Å²) in [7, 11) is 0. The molecule has 2 aliphatic heterocycles. The molecule has 0 fully saturated rings. The van der Waals surface area contributed by atoms with Crippen LogP contribution in [0.25, 0.3) is 65.4 Å². The molecule has 0 saturated carbocycles. The number of para-hydroxylation sites is 3. The van der Waals surface area contributed by atoms with Gasteiger partial charge in [-0.1, -0.05) is 193 Å². The molecule has 15 aromatic rings. The summed E-state index contributed by atoms with van der Waals surface area (Å²) in [6.45, 7) is 13.6. The third kappa shape index (κ3) is 8.54. The summed E-state index contributed by atoms with van der Waals surface area (Å²) in [5, 5.41) is 9.05. The fourth-order valence-electron chi connectivity index (χ4n) is 14.3. The minimum atomic E-state index is -0.213. The van der Waals surface area contributed by atoms with Crippen LogP contribution in [-0.4, -0.2) is 6.71 Å². The average molecular weight is 1150 g/mol. The van der Waals surface area contributed by atoms with Crippen LogP contribution in [0.3, 0.4) is 0 Å². The Morgan fingerprint density at radius 2 is 0.764 bits per heavy atom. The molecular formula is C82H63BN4O2. The molecule has 0 radical (unpaired) electrons. The van der Waals surface area contributed by atoms with E-state index in [0.717, 1.165) is 112 Å². The van der Waals surface area contributed by atoms with E-state index >= 15 is 0 Å². The molecule has 13 aromatic carbocycles. The molecule has 6 nitrogen and oxygen atoms in total. The molecule has 426 valence electrons. The first-order valence-corrected chi connectivity index (χ1v) is 31.0. The first-order chi connectivity index (χ1) is 43.4. The number of nitrogens with zero attached hydrogens (tertiary/aromatic N) is 4. The molecule has 0 amide bonds. The smallest absolute Gasteiger partial charge is 0.252 e. The monoisotopic (exact) mass is 1150 g/mol. The number of fused-ring (bicyclic) bond motifs is 13. The summed E-state index contributed by atoms with van der Waals surface area (Å²) in [5.41, 5.74) is 22.3. The predicted molar refractivity (Wildman–Crippen MR) is 377 cm³/mol. The Labute approximate surface area is 518 Å². The van der Waals surface area contributed by atoms with E-state index in [1.165, 1.54) is 49.1 Å². The molecule has 2 aromatic heterocycles. The second-order valence-corrected chi connectivity index (χ2v) is 26.2. The van der Waals surface area contributed by atoms with Crippen molar-refractivity contribution in [3.8, 4) is 0 Å². The molecule has 0 saturated heterocycles. The van der Waals surface area contributed by atoms with Crippen molar-refractivity contribution in [2.24, 2.45) is 0 Å². The van der Waals surface area contributed by atoms with Crippen LogP contribution >= 0.6 is 0 Å². The second kappa shape index (κ2) is 19.9. The average Bonchev–Trinajstić information content (AvgIpc) is 1.45. The van der Waals surface area contributed by atoms with Crippen molar-refractivity contribution in [2.45, 2.75) is 52.4 Å². The highest BCUT2D eigenvalue weighted by Crippen LogP contribution is 2.52. The Bertz CT molecular complexity index is 5320. The van der Waals surface area contributed by atoms with E-state index in [1.54, 1.807) is 0 Å². The topological polar surface area (TPSA) is 39.2 Å². The first-order valence-electron chi connectivity index (χ1n) is 31.0. The third-order valence-electron chi connectivity index (χ3n) is 18.7. The summed E-state index contributed by atoms with van der Waals surface area (Å²) in [5.74, 6) is 0. The number of hydrogen-bond acceptors (Lipinski definition) is 6. The van der Waals surface area contributed by atoms with Gasteiger partial charge in [0, 0.05) is 73.0 Å². The molecule has 89 heavy (non-hydrogen) atoms. The van der Waals surface area contributed by atoms with Gasteiger partial charge in [0.1, 0.15) is 22.3 Å². The van der Waals surface area contributed by atoms with Crippen LogP contribution in [0.1, 0.15) is 52.7 Å². The lowest BCUT2D eigenvalue weighted by Gasteiger charge is -2.45. The summed E-state index contributed by atoms with van der Waals surface area (Å²) < 4.78 is 13.4. The van der Waals surface area contributed by atoms with Crippen molar-refractivity contribution in [2.75, 3.05) is 19.6 Å². The fraction of sp³-hybridized carbons (Fsp3) is 0.0976. The Morgan fingerprint density at radius 1 is 0.315 bits per heavy atom. The van der Waals surface area contributed by atoms with Crippen LogP contribution in [0.2, 0.25) is 0 Å². The van der Waals surface area contributed by atoms with E-state index in [1.807, 2.05) is 6.07 Å². The van der Waals surface area contributed by atoms with Crippen LogP contribution in [0.15, 0.2) is 282 Å². The van der Waals surface area contributed by atoms with Gasteiger partial charge in [0.25, 0.3) is 6.71 Å². The SMILES string of the molecule is CC(C)(C)c1ccc(N2c3cc(N(c4ccc5ccccc5c4)c4ccc5oc6ccccc6c5c4)ccc3B3c4ccc5oc6ccccc6c5c4N(c4ccc(C(C)(C)C)cc4)c4cc(N(c5ccccc5)c5ccc6ccccc6c5)cc2c43)cc1. The third-order valence-corrected chi connectivity index (χ3v) is 18.7. The lowest BCUT2D eigenvalue weighted by Crippen LogP contribution is -2.61. The van der Waals surface area contributed by atoms with E-state index in [0.29, 0.717) is 0 Å². The first kappa shape index (κ1) is 52.6. The molecule has 7 heteroatoms.